The van der Waals surface area contributed by atoms with Gasteiger partial charge in [-0.25, -0.2) is 0 Å². The van der Waals surface area contributed by atoms with Gasteiger partial charge in [-0.15, -0.1) is 5.10 Å². The summed E-state index contributed by atoms with van der Waals surface area (Å²) in [5.41, 5.74) is 0.950. The van der Waals surface area contributed by atoms with E-state index in [-0.39, 0.29) is 6.10 Å². The highest BCUT2D eigenvalue weighted by Crippen LogP contribution is 2.08. The van der Waals surface area contributed by atoms with E-state index in [1.807, 2.05) is 37.4 Å². The highest BCUT2D eigenvalue weighted by atomic mass is 16.3. The summed E-state index contributed by atoms with van der Waals surface area (Å²) in [6.07, 6.45) is 0.455. The standard InChI is InChI=1S/C13H19N5O/c1-11(19)8-9-17(2)10-13-14-15-16-18(13)12-6-4-3-5-7-12/h3-7,11,19H,8-10H2,1-2H3. The number of hydrogen-bond donors (Lipinski definition) is 1. The van der Waals surface area contributed by atoms with Gasteiger partial charge in [0, 0.05) is 6.54 Å². The van der Waals surface area contributed by atoms with Crippen LogP contribution in [0.1, 0.15) is 19.2 Å². The fourth-order valence-electron chi connectivity index (χ4n) is 1.80. The van der Waals surface area contributed by atoms with Crippen LogP contribution in [0.3, 0.4) is 0 Å². The van der Waals surface area contributed by atoms with Gasteiger partial charge < -0.3 is 5.11 Å². The van der Waals surface area contributed by atoms with Crippen LogP contribution >= 0.6 is 0 Å². The topological polar surface area (TPSA) is 67.1 Å². The van der Waals surface area contributed by atoms with Gasteiger partial charge in [-0.05, 0) is 43.0 Å². The van der Waals surface area contributed by atoms with Crippen molar-refractivity contribution in [3.8, 4) is 5.69 Å². The zero-order valence-corrected chi connectivity index (χ0v) is 11.3. The second-order valence-corrected chi connectivity index (χ2v) is 4.72. The maximum atomic E-state index is 9.29. The molecule has 0 bridgehead atoms. The Morgan fingerprint density at radius 3 is 2.74 bits per heavy atom. The molecule has 0 aliphatic carbocycles. The first-order valence-corrected chi connectivity index (χ1v) is 6.36. The number of aromatic nitrogens is 4. The van der Waals surface area contributed by atoms with Crippen LogP contribution in [0, 0.1) is 0 Å². The van der Waals surface area contributed by atoms with Crippen molar-refractivity contribution in [2.75, 3.05) is 13.6 Å². The maximum absolute atomic E-state index is 9.29. The van der Waals surface area contributed by atoms with Crippen molar-refractivity contribution < 1.29 is 5.11 Å². The quantitative estimate of drug-likeness (QED) is 0.835. The number of hydrogen-bond acceptors (Lipinski definition) is 5. The van der Waals surface area contributed by atoms with Gasteiger partial charge in [-0.2, -0.15) is 4.68 Å². The summed E-state index contributed by atoms with van der Waals surface area (Å²) < 4.78 is 1.73. The van der Waals surface area contributed by atoms with Gasteiger partial charge in [0.25, 0.3) is 0 Å². The van der Waals surface area contributed by atoms with Gasteiger partial charge in [0.15, 0.2) is 5.82 Å². The number of rotatable bonds is 6. The molecule has 1 N–H and O–H groups in total. The number of aliphatic hydroxyl groups is 1. The molecule has 1 aromatic heterocycles. The molecular formula is C13H19N5O. The normalized spacial score (nSPS) is 12.8. The molecule has 0 fully saturated rings. The van der Waals surface area contributed by atoms with Crippen LogP contribution in [0.2, 0.25) is 0 Å². The molecule has 6 nitrogen and oxygen atoms in total. The van der Waals surface area contributed by atoms with E-state index in [9.17, 15) is 5.11 Å². The van der Waals surface area contributed by atoms with Crippen molar-refractivity contribution in [2.45, 2.75) is 26.0 Å². The second-order valence-electron chi connectivity index (χ2n) is 4.72. The molecule has 2 aromatic rings. The van der Waals surface area contributed by atoms with Gasteiger partial charge in [-0.1, -0.05) is 18.2 Å². The van der Waals surface area contributed by atoms with Crippen LogP contribution in [0.5, 0.6) is 0 Å². The molecule has 0 aliphatic rings. The minimum absolute atomic E-state index is 0.285. The molecule has 0 aliphatic heterocycles. The molecule has 0 saturated carbocycles. The monoisotopic (exact) mass is 261 g/mol. The second kappa shape index (κ2) is 6.40. The molecule has 1 atom stereocenters. The predicted octanol–water partition coefficient (Wildman–Crippen LogP) is 0.865. The number of para-hydroxylation sites is 1. The van der Waals surface area contributed by atoms with Crippen LogP contribution in [-0.4, -0.2) is 49.9 Å². The highest BCUT2D eigenvalue weighted by Gasteiger charge is 2.11. The van der Waals surface area contributed by atoms with Crippen molar-refractivity contribution in [3.63, 3.8) is 0 Å². The van der Waals surface area contributed by atoms with Crippen molar-refractivity contribution >= 4 is 0 Å². The Kier molecular flexibility index (Phi) is 4.59. The van der Waals surface area contributed by atoms with E-state index in [1.54, 1.807) is 11.6 Å². The Hall–Kier alpha value is -1.79. The molecule has 0 spiro atoms. The molecule has 1 aromatic carbocycles. The van der Waals surface area contributed by atoms with Gasteiger partial charge in [0.2, 0.25) is 0 Å². The van der Waals surface area contributed by atoms with E-state index in [1.165, 1.54) is 0 Å². The third-order valence-electron chi connectivity index (χ3n) is 2.87. The maximum Gasteiger partial charge on any atom is 0.170 e. The van der Waals surface area contributed by atoms with Gasteiger partial charge in [0.05, 0.1) is 18.3 Å². The first-order valence-electron chi connectivity index (χ1n) is 6.36. The smallest absolute Gasteiger partial charge is 0.170 e. The largest absolute Gasteiger partial charge is 0.393 e. The first kappa shape index (κ1) is 13.6. The Morgan fingerprint density at radius 1 is 1.32 bits per heavy atom. The lowest BCUT2D eigenvalue weighted by atomic mass is 10.3. The lowest BCUT2D eigenvalue weighted by Gasteiger charge is -2.16. The molecule has 6 heteroatoms. The van der Waals surface area contributed by atoms with Crippen LogP contribution in [0.15, 0.2) is 30.3 Å². The zero-order valence-electron chi connectivity index (χ0n) is 11.3. The van der Waals surface area contributed by atoms with Gasteiger partial charge in [-0.3, -0.25) is 4.90 Å². The molecular weight excluding hydrogens is 242 g/mol. The summed E-state index contributed by atoms with van der Waals surface area (Å²) in [6.45, 7) is 3.25. The molecule has 1 unspecified atom stereocenters. The average Bonchev–Trinajstić information content (AvgIpc) is 2.85. The summed E-state index contributed by atoms with van der Waals surface area (Å²) in [5, 5.41) is 21.1. The van der Waals surface area contributed by atoms with E-state index in [4.69, 9.17) is 0 Å². The number of tetrazole rings is 1. The molecule has 0 amide bonds. The number of benzene rings is 1. The van der Waals surface area contributed by atoms with Gasteiger partial charge in [0.1, 0.15) is 0 Å². The van der Waals surface area contributed by atoms with Crippen molar-refractivity contribution in [3.05, 3.63) is 36.2 Å². The molecule has 0 saturated heterocycles. The Bertz CT molecular complexity index is 497. The first-order chi connectivity index (χ1) is 9.16. The fraction of sp³-hybridized carbons (Fsp3) is 0.462. The van der Waals surface area contributed by atoms with Crippen molar-refractivity contribution in [2.24, 2.45) is 0 Å². The lowest BCUT2D eigenvalue weighted by Crippen LogP contribution is -2.24. The van der Waals surface area contributed by atoms with Crippen LogP contribution < -0.4 is 0 Å². The SMILES string of the molecule is CC(O)CCN(C)Cc1nnnn1-c1ccccc1. The Labute approximate surface area is 112 Å². The molecule has 1 heterocycles. The Balaban J connectivity index is 2.04. The van der Waals surface area contributed by atoms with E-state index >= 15 is 0 Å². The zero-order chi connectivity index (χ0) is 13.7. The third kappa shape index (κ3) is 3.84. The molecule has 19 heavy (non-hydrogen) atoms. The van der Waals surface area contributed by atoms with Crippen molar-refractivity contribution in [1.29, 1.82) is 0 Å². The number of nitrogens with zero attached hydrogens (tertiary/aromatic N) is 5. The van der Waals surface area contributed by atoms with Gasteiger partial charge >= 0.3 is 0 Å². The highest BCUT2D eigenvalue weighted by molar-refractivity contribution is 5.30. The molecule has 0 radical (unpaired) electrons. The predicted molar refractivity (Wildman–Crippen MR) is 71.8 cm³/mol. The molecule has 102 valence electrons. The average molecular weight is 261 g/mol. The summed E-state index contributed by atoms with van der Waals surface area (Å²) >= 11 is 0. The summed E-state index contributed by atoms with van der Waals surface area (Å²) in [7, 11) is 1.99. The van der Waals surface area contributed by atoms with Crippen molar-refractivity contribution in [1.82, 2.24) is 25.1 Å². The Morgan fingerprint density at radius 2 is 2.05 bits per heavy atom. The van der Waals surface area contributed by atoms with E-state index in [2.05, 4.69) is 20.4 Å². The minimum Gasteiger partial charge on any atom is -0.393 e. The minimum atomic E-state index is -0.285. The summed E-state index contributed by atoms with van der Waals surface area (Å²) in [5.74, 6) is 0.791. The third-order valence-corrected chi connectivity index (χ3v) is 2.87. The van der Waals surface area contributed by atoms with Crippen LogP contribution in [0.4, 0.5) is 0 Å². The fourth-order valence-corrected chi connectivity index (χ4v) is 1.80. The van der Waals surface area contributed by atoms with Crippen LogP contribution in [0.25, 0.3) is 5.69 Å². The molecule has 2 rings (SSSR count). The van der Waals surface area contributed by atoms with E-state index in [0.717, 1.165) is 24.5 Å². The van der Waals surface area contributed by atoms with E-state index < -0.39 is 0 Å². The summed E-state index contributed by atoms with van der Waals surface area (Å²) in [6, 6.07) is 9.81. The van der Waals surface area contributed by atoms with Crippen LogP contribution in [-0.2, 0) is 6.54 Å². The van der Waals surface area contributed by atoms with E-state index in [0.29, 0.717) is 6.54 Å². The summed E-state index contributed by atoms with van der Waals surface area (Å²) in [4.78, 5) is 2.10. The lowest BCUT2D eigenvalue weighted by molar-refractivity contribution is 0.162. The number of aliphatic hydroxyl groups excluding tert-OH is 1.